The Bertz CT molecular complexity index is 1190. The molecule has 35 heavy (non-hydrogen) atoms. The highest BCUT2D eigenvalue weighted by molar-refractivity contribution is 5.94. The number of hydrogen-bond donors (Lipinski definition) is 1. The molecule has 0 unspecified atom stereocenters. The number of anilines is 1. The van der Waals surface area contributed by atoms with Crippen molar-refractivity contribution in [2.24, 2.45) is 0 Å². The largest absolute Gasteiger partial charge is 0.416 e. The van der Waals surface area contributed by atoms with Crippen molar-refractivity contribution < 1.29 is 18.0 Å². The van der Waals surface area contributed by atoms with Crippen LogP contribution in [-0.2, 0) is 6.18 Å². The van der Waals surface area contributed by atoms with Crippen molar-refractivity contribution in [1.29, 1.82) is 0 Å². The van der Waals surface area contributed by atoms with E-state index in [4.69, 9.17) is 5.73 Å². The number of nitrogens with two attached hydrogens (primary N) is 1. The van der Waals surface area contributed by atoms with Gasteiger partial charge in [-0.05, 0) is 45.0 Å². The monoisotopic (exact) mass is 483 g/mol. The normalized spacial score (nSPS) is 15.3. The van der Waals surface area contributed by atoms with Gasteiger partial charge in [0.05, 0.1) is 17.5 Å². The number of amides is 1. The number of benzene rings is 2. The second-order valence-electron chi connectivity index (χ2n) is 9.59. The summed E-state index contributed by atoms with van der Waals surface area (Å²) in [6, 6.07) is 11.7. The Hall–Kier alpha value is -3.46. The fourth-order valence-electron chi connectivity index (χ4n) is 4.11. The fourth-order valence-corrected chi connectivity index (χ4v) is 4.11. The number of rotatable bonds is 3. The molecule has 2 aromatic carbocycles. The van der Waals surface area contributed by atoms with E-state index < -0.39 is 11.7 Å². The summed E-state index contributed by atoms with van der Waals surface area (Å²) in [5, 5.41) is 0. The van der Waals surface area contributed by atoms with Gasteiger partial charge in [0.1, 0.15) is 11.5 Å². The molecule has 3 aromatic rings. The van der Waals surface area contributed by atoms with E-state index in [2.05, 4.69) is 35.6 Å². The fraction of sp³-hybridized carbons (Fsp3) is 0.346. The number of alkyl halides is 3. The molecule has 4 rings (SSSR count). The molecule has 2 N–H and O–H groups in total. The first-order chi connectivity index (χ1) is 16.4. The Morgan fingerprint density at radius 3 is 2.00 bits per heavy atom. The van der Waals surface area contributed by atoms with Gasteiger partial charge in [0.25, 0.3) is 5.91 Å². The van der Waals surface area contributed by atoms with E-state index >= 15 is 0 Å². The molecule has 1 aliphatic rings. The molecule has 0 aliphatic carbocycles. The minimum Gasteiger partial charge on any atom is -0.382 e. The maximum absolute atomic E-state index is 13.0. The van der Waals surface area contributed by atoms with Crippen molar-refractivity contribution in [1.82, 2.24) is 19.8 Å². The Balaban J connectivity index is 1.50. The van der Waals surface area contributed by atoms with Crippen molar-refractivity contribution in [3.63, 3.8) is 0 Å². The summed E-state index contributed by atoms with van der Waals surface area (Å²) in [6.45, 7) is 9.54. The van der Waals surface area contributed by atoms with E-state index in [0.29, 0.717) is 35.6 Å². The van der Waals surface area contributed by atoms with E-state index in [-0.39, 0.29) is 17.3 Å². The highest BCUT2D eigenvalue weighted by Gasteiger charge is 2.30. The van der Waals surface area contributed by atoms with Gasteiger partial charge in [-0.25, -0.2) is 9.97 Å². The van der Waals surface area contributed by atoms with Crippen LogP contribution >= 0.6 is 0 Å². The van der Waals surface area contributed by atoms with Crippen molar-refractivity contribution in [2.45, 2.75) is 32.5 Å². The van der Waals surface area contributed by atoms with E-state index in [0.717, 1.165) is 30.8 Å². The van der Waals surface area contributed by atoms with Crippen LogP contribution in [0.3, 0.4) is 0 Å². The van der Waals surface area contributed by atoms with Gasteiger partial charge in [-0.2, -0.15) is 13.2 Å². The highest BCUT2D eigenvalue weighted by Crippen LogP contribution is 2.32. The quantitative estimate of drug-likeness (QED) is 0.570. The average Bonchev–Trinajstić information content (AvgIpc) is 2.83. The van der Waals surface area contributed by atoms with Crippen LogP contribution in [0.1, 0.15) is 36.7 Å². The maximum atomic E-state index is 13.0. The minimum atomic E-state index is -4.42. The van der Waals surface area contributed by atoms with E-state index in [1.807, 2.05) is 4.90 Å². The van der Waals surface area contributed by atoms with Crippen LogP contribution in [0, 0.1) is 0 Å². The first-order valence-electron chi connectivity index (χ1n) is 11.4. The van der Waals surface area contributed by atoms with Gasteiger partial charge >= 0.3 is 6.18 Å². The lowest BCUT2D eigenvalue weighted by atomic mass is 10.0. The van der Waals surface area contributed by atoms with Gasteiger partial charge in [-0.1, -0.05) is 24.3 Å². The van der Waals surface area contributed by atoms with E-state index in [1.165, 1.54) is 18.3 Å². The van der Waals surface area contributed by atoms with Crippen LogP contribution in [0.5, 0.6) is 0 Å². The van der Waals surface area contributed by atoms with Crippen LogP contribution in [0.25, 0.3) is 22.5 Å². The van der Waals surface area contributed by atoms with Crippen molar-refractivity contribution in [3.8, 4) is 22.5 Å². The highest BCUT2D eigenvalue weighted by atomic mass is 19.4. The summed E-state index contributed by atoms with van der Waals surface area (Å²) in [4.78, 5) is 25.9. The second-order valence-corrected chi connectivity index (χ2v) is 9.59. The Morgan fingerprint density at radius 1 is 0.886 bits per heavy atom. The zero-order valence-electron chi connectivity index (χ0n) is 19.9. The van der Waals surface area contributed by atoms with Crippen LogP contribution in [0.4, 0.5) is 19.0 Å². The molecule has 0 spiro atoms. The lowest BCUT2D eigenvalue weighted by molar-refractivity contribution is -0.137. The van der Waals surface area contributed by atoms with Gasteiger partial charge < -0.3 is 10.6 Å². The zero-order valence-corrected chi connectivity index (χ0v) is 19.9. The Morgan fingerprint density at radius 2 is 1.46 bits per heavy atom. The molecule has 2 heterocycles. The van der Waals surface area contributed by atoms with Crippen molar-refractivity contribution >= 4 is 11.7 Å². The summed E-state index contributed by atoms with van der Waals surface area (Å²) >= 11 is 0. The van der Waals surface area contributed by atoms with Crippen LogP contribution < -0.4 is 5.73 Å². The van der Waals surface area contributed by atoms with Gasteiger partial charge in [-0.3, -0.25) is 9.69 Å². The Labute approximate surface area is 202 Å². The second kappa shape index (κ2) is 9.30. The predicted octanol–water partition coefficient (Wildman–Crippen LogP) is 4.97. The first kappa shape index (κ1) is 24.7. The molecule has 1 fully saturated rings. The number of carbonyl (C=O) groups is 1. The summed E-state index contributed by atoms with van der Waals surface area (Å²) in [6.07, 6.45) is -2.91. The van der Waals surface area contributed by atoms with Gasteiger partial charge in [0, 0.05) is 48.4 Å². The molecule has 6 nitrogen and oxygen atoms in total. The molecule has 9 heteroatoms. The lowest BCUT2D eigenvalue weighted by Gasteiger charge is -2.42. The molecule has 0 atom stereocenters. The number of hydrogen-bond acceptors (Lipinski definition) is 5. The number of nitrogens with zero attached hydrogens (tertiary/aromatic N) is 4. The number of aromatic nitrogens is 2. The molecule has 0 saturated carbocycles. The van der Waals surface area contributed by atoms with Gasteiger partial charge in [0.15, 0.2) is 0 Å². The molecule has 1 aromatic heterocycles. The smallest absolute Gasteiger partial charge is 0.382 e. The van der Waals surface area contributed by atoms with Crippen LogP contribution in [-0.4, -0.2) is 57.4 Å². The summed E-state index contributed by atoms with van der Waals surface area (Å²) in [5.74, 6) is 0.105. The number of nitrogen functional groups attached to an aromatic ring is 1. The molecule has 1 saturated heterocycles. The molecular formula is C26H28F3N5O. The summed E-state index contributed by atoms with van der Waals surface area (Å²) in [7, 11) is 0. The first-order valence-corrected chi connectivity index (χ1v) is 11.4. The number of carbonyl (C=O) groups excluding carboxylic acids is 1. The number of piperazine rings is 1. The Kier molecular flexibility index (Phi) is 6.55. The number of halogens is 3. The molecule has 1 aliphatic heterocycles. The van der Waals surface area contributed by atoms with Crippen molar-refractivity contribution in [2.75, 3.05) is 31.9 Å². The van der Waals surface area contributed by atoms with E-state index in [1.54, 1.807) is 24.3 Å². The zero-order chi connectivity index (χ0) is 25.4. The third kappa shape index (κ3) is 5.45. The topological polar surface area (TPSA) is 75.3 Å². The molecule has 184 valence electrons. The molecule has 0 bridgehead atoms. The standard InChI is InChI=1S/C26H28F3N5O/c1-25(2,3)34-14-12-33(13-15-34)24(35)19-6-4-17(5-7-19)21-16-31-23(30)22(32-21)18-8-10-20(11-9-18)26(27,28)29/h4-11,16H,12-15H2,1-3H3,(H2,30,31). The molecular weight excluding hydrogens is 455 g/mol. The lowest BCUT2D eigenvalue weighted by Crippen LogP contribution is -2.54. The van der Waals surface area contributed by atoms with Gasteiger partial charge in [-0.15, -0.1) is 0 Å². The molecule has 0 radical (unpaired) electrons. The van der Waals surface area contributed by atoms with Crippen molar-refractivity contribution in [3.05, 3.63) is 65.9 Å². The summed E-state index contributed by atoms with van der Waals surface area (Å²) < 4.78 is 38.6. The average molecular weight is 484 g/mol. The van der Waals surface area contributed by atoms with Crippen LogP contribution in [0.15, 0.2) is 54.7 Å². The minimum absolute atomic E-state index is 0.0149. The SMILES string of the molecule is CC(C)(C)N1CCN(C(=O)c2ccc(-c3cnc(N)c(-c4ccc(C(F)(F)F)cc4)n3)cc2)CC1. The van der Waals surface area contributed by atoms with Crippen LogP contribution in [0.2, 0.25) is 0 Å². The molecule has 1 amide bonds. The van der Waals surface area contributed by atoms with Gasteiger partial charge in [0.2, 0.25) is 0 Å². The van der Waals surface area contributed by atoms with E-state index in [9.17, 15) is 18.0 Å². The third-order valence-corrected chi connectivity index (χ3v) is 6.23. The maximum Gasteiger partial charge on any atom is 0.416 e. The third-order valence-electron chi connectivity index (χ3n) is 6.23. The summed E-state index contributed by atoms with van der Waals surface area (Å²) in [5.41, 5.74) is 7.84. The predicted molar refractivity (Wildman–Crippen MR) is 130 cm³/mol.